The van der Waals surface area contributed by atoms with Crippen LogP contribution in [0.3, 0.4) is 0 Å². The number of nitrogens with one attached hydrogen (secondary N) is 1. The fraction of sp³-hybridized carbons (Fsp3) is 0.273. The Hall–Kier alpha value is -1.20. The predicted molar refractivity (Wildman–Crippen MR) is 63.2 cm³/mol. The number of hydrogen-bond acceptors (Lipinski definition) is 3. The van der Waals surface area contributed by atoms with E-state index in [4.69, 9.17) is 5.11 Å². The Kier molecular flexibility index (Phi) is 5.14. The van der Waals surface area contributed by atoms with Gasteiger partial charge in [-0.2, -0.15) is 0 Å². The molecule has 4 nitrogen and oxygen atoms in total. The first-order valence-electron chi connectivity index (χ1n) is 4.80. The molecule has 0 unspecified atom stereocenters. The van der Waals surface area contributed by atoms with Crippen molar-refractivity contribution < 1.29 is 14.7 Å². The van der Waals surface area contributed by atoms with Gasteiger partial charge in [0.15, 0.2) is 5.78 Å². The van der Waals surface area contributed by atoms with Crippen LogP contribution in [0.15, 0.2) is 28.7 Å². The Morgan fingerprint density at radius 2 is 1.88 bits per heavy atom. The maximum Gasteiger partial charge on any atom is 0.227 e. The summed E-state index contributed by atoms with van der Waals surface area (Å²) in [5.41, 5.74) is 0.502. The molecule has 1 aromatic carbocycles. The van der Waals surface area contributed by atoms with Crippen LogP contribution in [0.1, 0.15) is 16.8 Å². The molecule has 5 heteroatoms. The fourth-order valence-electron chi connectivity index (χ4n) is 1.14. The molecular formula is C11H12BrNO3. The average Bonchev–Trinajstić information content (AvgIpc) is 2.27. The standard InChI is InChI=1S/C11H12BrNO3/c12-9-3-1-8(2-4-9)10(15)7-11(16)13-5-6-14/h1-4,14H,5-7H2,(H,13,16). The Balaban J connectivity index is 2.52. The molecule has 0 aromatic heterocycles. The number of hydrogen-bond donors (Lipinski definition) is 2. The van der Waals surface area contributed by atoms with Crippen LogP contribution in [0.25, 0.3) is 0 Å². The predicted octanol–water partition coefficient (Wildman–Crippen LogP) is 1.13. The Labute approximate surface area is 102 Å². The van der Waals surface area contributed by atoms with Gasteiger partial charge >= 0.3 is 0 Å². The van der Waals surface area contributed by atoms with Gasteiger partial charge in [-0.25, -0.2) is 0 Å². The molecular weight excluding hydrogens is 274 g/mol. The van der Waals surface area contributed by atoms with E-state index in [1.807, 2.05) is 0 Å². The van der Waals surface area contributed by atoms with Crippen molar-refractivity contribution in [3.8, 4) is 0 Å². The van der Waals surface area contributed by atoms with Crippen LogP contribution >= 0.6 is 15.9 Å². The highest BCUT2D eigenvalue weighted by Crippen LogP contribution is 2.11. The zero-order chi connectivity index (χ0) is 12.0. The lowest BCUT2D eigenvalue weighted by atomic mass is 10.1. The van der Waals surface area contributed by atoms with Gasteiger partial charge in [0.25, 0.3) is 0 Å². The van der Waals surface area contributed by atoms with Gasteiger partial charge in [-0.05, 0) is 12.1 Å². The third kappa shape index (κ3) is 4.12. The number of benzene rings is 1. The van der Waals surface area contributed by atoms with Gasteiger partial charge in [0.05, 0.1) is 13.0 Å². The summed E-state index contributed by atoms with van der Waals surface area (Å²) in [6, 6.07) is 6.81. The van der Waals surface area contributed by atoms with E-state index >= 15 is 0 Å². The SMILES string of the molecule is O=C(CC(=O)c1ccc(Br)cc1)NCCO. The Morgan fingerprint density at radius 1 is 1.25 bits per heavy atom. The monoisotopic (exact) mass is 285 g/mol. The Morgan fingerprint density at radius 3 is 2.44 bits per heavy atom. The summed E-state index contributed by atoms with van der Waals surface area (Å²) in [6.07, 6.45) is -0.193. The number of rotatable bonds is 5. The highest BCUT2D eigenvalue weighted by Gasteiger charge is 2.10. The zero-order valence-electron chi connectivity index (χ0n) is 8.57. The molecule has 86 valence electrons. The van der Waals surface area contributed by atoms with Crippen LogP contribution in [0.5, 0.6) is 0 Å². The maximum atomic E-state index is 11.6. The normalized spacial score (nSPS) is 9.88. The molecule has 0 saturated heterocycles. The molecule has 1 rings (SSSR count). The van der Waals surface area contributed by atoms with E-state index in [9.17, 15) is 9.59 Å². The smallest absolute Gasteiger partial charge is 0.227 e. The second-order valence-corrected chi connectivity index (χ2v) is 4.10. The van der Waals surface area contributed by atoms with E-state index in [1.165, 1.54) is 0 Å². The molecule has 0 spiro atoms. The van der Waals surface area contributed by atoms with Gasteiger partial charge < -0.3 is 10.4 Å². The van der Waals surface area contributed by atoms with E-state index < -0.39 is 0 Å². The van der Waals surface area contributed by atoms with Gasteiger partial charge in [-0.3, -0.25) is 9.59 Å². The first-order valence-corrected chi connectivity index (χ1v) is 5.59. The lowest BCUT2D eigenvalue weighted by molar-refractivity contribution is -0.120. The summed E-state index contributed by atoms with van der Waals surface area (Å²) >= 11 is 3.26. The Bertz CT molecular complexity index is 375. The number of carbonyl (C=O) groups excluding carboxylic acids is 2. The van der Waals surface area contributed by atoms with Crippen molar-refractivity contribution in [2.45, 2.75) is 6.42 Å². The molecule has 2 N–H and O–H groups in total. The third-order valence-corrected chi connectivity index (χ3v) is 2.45. The molecule has 1 aromatic rings. The number of aliphatic hydroxyl groups excluding tert-OH is 1. The number of aliphatic hydroxyl groups is 1. The van der Waals surface area contributed by atoms with Gasteiger partial charge in [0.1, 0.15) is 0 Å². The first kappa shape index (κ1) is 12.9. The zero-order valence-corrected chi connectivity index (χ0v) is 10.2. The molecule has 0 atom stereocenters. The minimum absolute atomic E-state index is 0.127. The van der Waals surface area contributed by atoms with Crippen molar-refractivity contribution in [1.82, 2.24) is 5.32 Å². The van der Waals surface area contributed by atoms with Crippen LogP contribution in [0.2, 0.25) is 0 Å². The van der Waals surface area contributed by atoms with E-state index in [1.54, 1.807) is 24.3 Å². The number of halogens is 1. The van der Waals surface area contributed by atoms with E-state index in [0.29, 0.717) is 5.56 Å². The van der Waals surface area contributed by atoms with Gasteiger partial charge in [-0.1, -0.05) is 28.1 Å². The van der Waals surface area contributed by atoms with Crippen molar-refractivity contribution in [2.24, 2.45) is 0 Å². The molecule has 0 aliphatic heterocycles. The maximum absolute atomic E-state index is 11.6. The van der Waals surface area contributed by atoms with E-state index in [0.717, 1.165) is 4.47 Å². The highest BCUT2D eigenvalue weighted by atomic mass is 79.9. The molecule has 0 aliphatic carbocycles. The lowest BCUT2D eigenvalue weighted by Gasteiger charge is -2.02. The van der Waals surface area contributed by atoms with Gasteiger partial charge in [0, 0.05) is 16.6 Å². The van der Waals surface area contributed by atoms with Crippen LogP contribution in [-0.2, 0) is 4.79 Å². The molecule has 0 saturated carbocycles. The summed E-state index contributed by atoms with van der Waals surface area (Å²) in [4.78, 5) is 22.8. The second-order valence-electron chi connectivity index (χ2n) is 3.18. The van der Waals surface area contributed by atoms with Gasteiger partial charge in [-0.15, -0.1) is 0 Å². The van der Waals surface area contributed by atoms with Crippen LogP contribution in [-0.4, -0.2) is 29.9 Å². The second kappa shape index (κ2) is 6.40. The molecule has 0 bridgehead atoms. The molecule has 0 aliphatic rings. The number of amides is 1. The summed E-state index contributed by atoms with van der Waals surface area (Å²) in [5, 5.41) is 10.9. The van der Waals surface area contributed by atoms with E-state index in [-0.39, 0.29) is 31.3 Å². The molecule has 0 heterocycles. The molecule has 0 radical (unpaired) electrons. The average molecular weight is 286 g/mol. The van der Waals surface area contributed by atoms with Crippen LogP contribution < -0.4 is 5.32 Å². The van der Waals surface area contributed by atoms with Crippen molar-refractivity contribution in [1.29, 1.82) is 0 Å². The lowest BCUT2D eigenvalue weighted by Crippen LogP contribution is -2.28. The quantitative estimate of drug-likeness (QED) is 0.630. The largest absolute Gasteiger partial charge is 0.395 e. The number of Topliss-reactive ketones (excluding diaryl/α,β-unsaturated/α-hetero) is 1. The third-order valence-electron chi connectivity index (χ3n) is 1.92. The van der Waals surface area contributed by atoms with Gasteiger partial charge in [0.2, 0.25) is 5.91 Å². The van der Waals surface area contributed by atoms with Crippen molar-refractivity contribution in [3.05, 3.63) is 34.3 Å². The molecule has 1 amide bonds. The molecule has 0 fully saturated rings. The fourth-order valence-corrected chi connectivity index (χ4v) is 1.41. The topological polar surface area (TPSA) is 66.4 Å². The summed E-state index contributed by atoms with van der Waals surface area (Å²) in [7, 11) is 0. The highest BCUT2D eigenvalue weighted by molar-refractivity contribution is 9.10. The molecule has 16 heavy (non-hydrogen) atoms. The summed E-state index contributed by atoms with van der Waals surface area (Å²) < 4.78 is 0.883. The van der Waals surface area contributed by atoms with E-state index in [2.05, 4.69) is 21.2 Å². The van der Waals surface area contributed by atoms with Crippen LogP contribution in [0.4, 0.5) is 0 Å². The summed E-state index contributed by atoms with van der Waals surface area (Å²) in [6.45, 7) is 0.0463. The number of ketones is 1. The van der Waals surface area contributed by atoms with Crippen molar-refractivity contribution in [3.63, 3.8) is 0 Å². The number of carbonyl (C=O) groups is 2. The van der Waals surface area contributed by atoms with Crippen molar-refractivity contribution >= 4 is 27.6 Å². The summed E-state index contributed by atoms with van der Waals surface area (Å²) in [5.74, 6) is -0.607. The minimum Gasteiger partial charge on any atom is -0.395 e. The minimum atomic E-state index is -0.373. The van der Waals surface area contributed by atoms with Crippen molar-refractivity contribution in [2.75, 3.05) is 13.2 Å². The first-order chi connectivity index (χ1) is 7.63. The van der Waals surface area contributed by atoms with Crippen LogP contribution in [0, 0.1) is 0 Å².